The number of carbonyl (C=O) groups is 2. The molecular weight excluding hydrogens is 367 g/mol. The van der Waals surface area contributed by atoms with Crippen LogP contribution in [-0.2, 0) is 4.79 Å². The van der Waals surface area contributed by atoms with Crippen molar-refractivity contribution < 1.29 is 22.8 Å². The molecule has 5 nitrogen and oxygen atoms in total. The van der Waals surface area contributed by atoms with E-state index in [2.05, 4.69) is 5.32 Å². The smallest absolute Gasteiger partial charge is 0.354 e. The number of carbonyl (C=O) groups excluding carboxylic acids is 2. The molecule has 3 heterocycles. The lowest BCUT2D eigenvalue weighted by Gasteiger charge is -2.24. The van der Waals surface area contributed by atoms with E-state index in [9.17, 15) is 22.8 Å². The monoisotopic (exact) mass is 389 g/mol. The van der Waals surface area contributed by atoms with Crippen molar-refractivity contribution in [2.24, 2.45) is 5.92 Å². The largest absolute Gasteiger partial charge is 0.401 e. The van der Waals surface area contributed by atoms with Gasteiger partial charge in [0.25, 0.3) is 5.91 Å². The minimum Gasteiger partial charge on any atom is -0.354 e. The molecule has 9 heteroatoms. The summed E-state index contributed by atoms with van der Waals surface area (Å²) in [4.78, 5) is 28.6. The molecule has 0 saturated carbocycles. The minimum atomic E-state index is -4.19. The summed E-state index contributed by atoms with van der Waals surface area (Å²) in [6, 6.07) is 3.06. The fraction of sp³-hybridized carbons (Fsp3) is 0.647. The topological polar surface area (TPSA) is 52.7 Å². The molecule has 0 spiro atoms. The molecular formula is C17H22F3N3O2S. The average molecular weight is 389 g/mol. The molecule has 26 heavy (non-hydrogen) atoms. The third-order valence-electron chi connectivity index (χ3n) is 4.89. The number of likely N-dealkylation sites (tertiary alicyclic amines) is 2. The van der Waals surface area contributed by atoms with Gasteiger partial charge in [-0.2, -0.15) is 13.2 Å². The van der Waals surface area contributed by atoms with Crippen LogP contribution in [0.15, 0.2) is 17.5 Å². The van der Waals surface area contributed by atoms with Crippen LogP contribution in [0, 0.1) is 5.92 Å². The van der Waals surface area contributed by atoms with Gasteiger partial charge in [0.15, 0.2) is 0 Å². The Morgan fingerprint density at radius 2 is 2.08 bits per heavy atom. The molecule has 2 aliphatic rings. The minimum absolute atomic E-state index is 0.0177. The van der Waals surface area contributed by atoms with Crippen molar-refractivity contribution in [1.29, 1.82) is 0 Å². The van der Waals surface area contributed by atoms with E-state index < -0.39 is 18.8 Å². The van der Waals surface area contributed by atoms with Crippen molar-refractivity contribution in [2.75, 3.05) is 32.7 Å². The van der Waals surface area contributed by atoms with Crippen molar-refractivity contribution in [1.82, 2.24) is 15.1 Å². The molecule has 2 atom stereocenters. The van der Waals surface area contributed by atoms with E-state index in [1.54, 1.807) is 17.0 Å². The number of hydrogen-bond donors (Lipinski definition) is 1. The lowest BCUT2D eigenvalue weighted by atomic mass is 10.1. The summed E-state index contributed by atoms with van der Waals surface area (Å²) in [7, 11) is 0. The normalized spacial score (nSPS) is 24.2. The highest BCUT2D eigenvalue weighted by Crippen LogP contribution is 2.24. The number of hydrogen-bond acceptors (Lipinski definition) is 4. The number of alkyl halides is 3. The van der Waals surface area contributed by atoms with E-state index in [1.807, 2.05) is 5.38 Å². The molecule has 2 aliphatic heterocycles. The van der Waals surface area contributed by atoms with Gasteiger partial charge >= 0.3 is 6.18 Å². The Morgan fingerprint density at radius 1 is 1.27 bits per heavy atom. The molecule has 0 aromatic carbocycles. The summed E-state index contributed by atoms with van der Waals surface area (Å²) in [6.45, 7) is 0.736. The molecule has 3 rings (SSSR count). The van der Waals surface area contributed by atoms with Crippen molar-refractivity contribution in [3.63, 3.8) is 0 Å². The predicted molar refractivity (Wildman–Crippen MR) is 92.0 cm³/mol. The number of nitrogens with one attached hydrogen (secondary N) is 1. The summed E-state index contributed by atoms with van der Waals surface area (Å²) in [5, 5.41) is 4.67. The zero-order chi connectivity index (χ0) is 18.7. The molecule has 1 aromatic heterocycles. The zero-order valence-electron chi connectivity index (χ0n) is 14.3. The highest BCUT2D eigenvalue weighted by atomic mass is 32.1. The van der Waals surface area contributed by atoms with Crippen LogP contribution in [0.5, 0.6) is 0 Å². The summed E-state index contributed by atoms with van der Waals surface area (Å²) in [6.07, 6.45) is -2.16. The van der Waals surface area contributed by atoms with Crippen molar-refractivity contribution in [3.05, 3.63) is 22.4 Å². The SMILES string of the molecule is O=C(NCC1CCN(CC(F)(F)F)C1)[C@H]1CCCN1C(=O)c1cccs1. The van der Waals surface area contributed by atoms with E-state index in [0.717, 1.165) is 6.42 Å². The van der Waals surface area contributed by atoms with Gasteiger partial charge in [0, 0.05) is 19.6 Å². The second-order valence-corrected chi connectivity index (χ2v) is 7.83. The van der Waals surface area contributed by atoms with Crippen LogP contribution in [0.4, 0.5) is 13.2 Å². The lowest BCUT2D eigenvalue weighted by Crippen LogP contribution is -2.47. The molecule has 1 aromatic rings. The van der Waals surface area contributed by atoms with E-state index in [-0.39, 0.29) is 17.7 Å². The van der Waals surface area contributed by atoms with Crippen molar-refractivity contribution >= 4 is 23.2 Å². The fourth-order valence-corrected chi connectivity index (χ4v) is 4.34. The Hall–Kier alpha value is -1.61. The summed E-state index contributed by atoms with van der Waals surface area (Å²) >= 11 is 1.35. The first-order chi connectivity index (χ1) is 12.3. The first kappa shape index (κ1) is 19.2. The highest BCUT2D eigenvalue weighted by Gasteiger charge is 2.36. The Bertz CT molecular complexity index is 636. The number of halogens is 3. The predicted octanol–water partition coefficient (Wildman–Crippen LogP) is 2.35. The number of nitrogens with zero attached hydrogens (tertiary/aromatic N) is 2. The van der Waals surface area contributed by atoms with Crippen LogP contribution in [0.2, 0.25) is 0 Å². The Morgan fingerprint density at radius 3 is 2.77 bits per heavy atom. The Balaban J connectivity index is 1.48. The van der Waals surface area contributed by atoms with E-state index >= 15 is 0 Å². The van der Waals surface area contributed by atoms with Crippen LogP contribution in [0.1, 0.15) is 28.9 Å². The Kier molecular flexibility index (Phi) is 5.86. The van der Waals surface area contributed by atoms with Crippen LogP contribution in [-0.4, -0.2) is 66.6 Å². The number of thiophene rings is 1. The van der Waals surface area contributed by atoms with Gasteiger partial charge in [-0.3, -0.25) is 14.5 Å². The molecule has 0 radical (unpaired) electrons. The summed E-state index contributed by atoms with van der Waals surface area (Å²) < 4.78 is 37.3. The summed E-state index contributed by atoms with van der Waals surface area (Å²) in [5.74, 6) is -0.319. The second-order valence-electron chi connectivity index (χ2n) is 6.88. The molecule has 2 saturated heterocycles. The number of rotatable bonds is 5. The van der Waals surface area contributed by atoms with Gasteiger partial charge in [-0.15, -0.1) is 11.3 Å². The van der Waals surface area contributed by atoms with Crippen LogP contribution in [0.25, 0.3) is 0 Å². The first-order valence-electron chi connectivity index (χ1n) is 8.75. The van der Waals surface area contributed by atoms with E-state index in [4.69, 9.17) is 0 Å². The molecule has 0 aliphatic carbocycles. The van der Waals surface area contributed by atoms with Gasteiger partial charge in [0.05, 0.1) is 11.4 Å². The Labute approximate surface area is 154 Å². The number of amides is 2. The zero-order valence-corrected chi connectivity index (χ0v) is 15.1. The highest BCUT2D eigenvalue weighted by molar-refractivity contribution is 7.12. The van der Waals surface area contributed by atoms with Gasteiger partial charge in [-0.05, 0) is 43.2 Å². The standard InChI is InChI=1S/C17H22F3N3O2S/c18-17(19,20)11-22-7-5-12(10-22)9-21-15(24)13-3-1-6-23(13)16(25)14-4-2-8-26-14/h2,4,8,12-13H,1,3,5-7,9-11H2,(H,21,24)/t12?,13-/m1/s1. The van der Waals surface area contributed by atoms with Crippen LogP contribution < -0.4 is 5.32 Å². The van der Waals surface area contributed by atoms with E-state index in [1.165, 1.54) is 16.2 Å². The molecule has 2 amide bonds. The van der Waals surface area contributed by atoms with Gasteiger partial charge in [0.2, 0.25) is 5.91 Å². The molecule has 1 unspecified atom stereocenters. The third kappa shape index (κ3) is 4.76. The quantitative estimate of drug-likeness (QED) is 0.841. The molecule has 0 bridgehead atoms. The van der Waals surface area contributed by atoms with Gasteiger partial charge in [-0.25, -0.2) is 0 Å². The maximum Gasteiger partial charge on any atom is 0.401 e. The van der Waals surface area contributed by atoms with Crippen LogP contribution >= 0.6 is 11.3 Å². The first-order valence-corrected chi connectivity index (χ1v) is 9.63. The molecule has 144 valence electrons. The fourth-order valence-electron chi connectivity index (χ4n) is 3.66. The lowest BCUT2D eigenvalue weighted by molar-refractivity contribution is -0.143. The maximum absolute atomic E-state index is 12.5. The summed E-state index contributed by atoms with van der Waals surface area (Å²) in [5.41, 5.74) is 0. The van der Waals surface area contributed by atoms with Gasteiger partial charge < -0.3 is 10.2 Å². The second kappa shape index (κ2) is 7.96. The van der Waals surface area contributed by atoms with Crippen molar-refractivity contribution in [2.45, 2.75) is 31.5 Å². The van der Waals surface area contributed by atoms with Crippen molar-refractivity contribution in [3.8, 4) is 0 Å². The molecule has 2 fully saturated rings. The average Bonchev–Trinajstić information content (AvgIpc) is 3.31. The van der Waals surface area contributed by atoms with Crippen LogP contribution in [0.3, 0.4) is 0 Å². The van der Waals surface area contributed by atoms with Gasteiger partial charge in [-0.1, -0.05) is 6.07 Å². The maximum atomic E-state index is 12.5. The molecule has 1 N–H and O–H groups in total. The third-order valence-corrected chi connectivity index (χ3v) is 5.74. The van der Waals surface area contributed by atoms with E-state index in [0.29, 0.717) is 43.9 Å². The van der Waals surface area contributed by atoms with Gasteiger partial charge in [0.1, 0.15) is 6.04 Å².